The Balaban J connectivity index is 2.05. The molecule has 0 unspecified atom stereocenters. The number of ether oxygens (including phenoxy) is 1. The number of aromatic nitrogens is 1. The SMILES string of the molecule is CN(C)CCN(Cc1ccc(C(=O)Nc2cscc2NC(=O)OC(C)(C)C)nc1)C(=O)NC(C)(C)C. The number of thiophene rings is 1. The molecule has 11 heteroatoms. The Morgan fingerprint density at radius 2 is 1.61 bits per heavy atom. The molecule has 0 aromatic carbocycles. The third-order valence-electron chi connectivity index (χ3n) is 4.56. The largest absolute Gasteiger partial charge is 0.444 e. The maximum atomic E-state index is 12.8. The molecule has 10 nitrogen and oxygen atoms in total. The summed E-state index contributed by atoms with van der Waals surface area (Å²) in [5.74, 6) is -0.415. The summed E-state index contributed by atoms with van der Waals surface area (Å²) < 4.78 is 5.27. The van der Waals surface area contributed by atoms with Crippen molar-refractivity contribution in [3.8, 4) is 0 Å². The van der Waals surface area contributed by atoms with Gasteiger partial charge >= 0.3 is 12.1 Å². The van der Waals surface area contributed by atoms with Crippen molar-refractivity contribution < 1.29 is 19.1 Å². The van der Waals surface area contributed by atoms with Crippen molar-refractivity contribution >= 4 is 40.7 Å². The molecule has 2 rings (SSSR count). The Morgan fingerprint density at radius 3 is 2.14 bits per heavy atom. The van der Waals surface area contributed by atoms with Gasteiger partial charge in [0.2, 0.25) is 0 Å². The molecule has 2 heterocycles. The molecular formula is C25H38N6O4S. The van der Waals surface area contributed by atoms with E-state index in [4.69, 9.17) is 4.74 Å². The van der Waals surface area contributed by atoms with E-state index in [2.05, 4.69) is 20.9 Å². The van der Waals surface area contributed by atoms with E-state index in [1.54, 1.807) is 54.8 Å². The first-order valence-electron chi connectivity index (χ1n) is 11.7. The second kappa shape index (κ2) is 12.2. The van der Waals surface area contributed by atoms with E-state index >= 15 is 0 Å². The van der Waals surface area contributed by atoms with E-state index in [1.807, 2.05) is 39.8 Å². The first-order chi connectivity index (χ1) is 16.6. The molecule has 3 N–H and O–H groups in total. The first kappa shape index (κ1) is 29.1. The highest BCUT2D eigenvalue weighted by atomic mass is 32.1. The topological polar surface area (TPSA) is 116 Å². The zero-order valence-corrected chi connectivity index (χ0v) is 23.2. The molecule has 0 atom stereocenters. The summed E-state index contributed by atoms with van der Waals surface area (Å²) in [7, 11) is 3.91. The number of hydrogen-bond donors (Lipinski definition) is 3. The van der Waals surface area contributed by atoms with Crippen LogP contribution in [0.15, 0.2) is 29.1 Å². The highest BCUT2D eigenvalue weighted by Crippen LogP contribution is 2.27. The minimum Gasteiger partial charge on any atom is -0.444 e. The Hall–Kier alpha value is -3.18. The van der Waals surface area contributed by atoms with Crippen molar-refractivity contribution in [3.05, 3.63) is 40.3 Å². The smallest absolute Gasteiger partial charge is 0.412 e. The van der Waals surface area contributed by atoms with Gasteiger partial charge in [-0.15, -0.1) is 11.3 Å². The minimum atomic E-state index is -0.634. The molecule has 4 amide bonds. The van der Waals surface area contributed by atoms with Crippen molar-refractivity contribution in [3.63, 3.8) is 0 Å². The van der Waals surface area contributed by atoms with Gasteiger partial charge in [0.05, 0.1) is 11.4 Å². The van der Waals surface area contributed by atoms with Crippen LogP contribution in [0.3, 0.4) is 0 Å². The zero-order chi connectivity index (χ0) is 27.1. The van der Waals surface area contributed by atoms with E-state index in [9.17, 15) is 14.4 Å². The van der Waals surface area contributed by atoms with Crippen LogP contribution in [0.5, 0.6) is 0 Å². The number of urea groups is 1. The Morgan fingerprint density at radius 1 is 0.972 bits per heavy atom. The normalized spacial score (nSPS) is 11.7. The van der Waals surface area contributed by atoms with Crippen LogP contribution in [0, 0.1) is 0 Å². The maximum Gasteiger partial charge on any atom is 0.412 e. The van der Waals surface area contributed by atoms with Gasteiger partial charge in [0, 0.05) is 42.1 Å². The van der Waals surface area contributed by atoms with Gasteiger partial charge in [-0.3, -0.25) is 15.1 Å². The average Bonchev–Trinajstić information content (AvgIpc) is 3.14. The lowest BCUT2D eigenvalue weighted by atomic mass is 10.1. The van der Waals surface area contributed by atoms with Crippen LogP contribution in [0.25, 0.3) is 0 Å². The molecule has 0 radical (unpaired) electrons. The molecule has 198 valence electrons. The van der Waals surface area contributed by atoms with Crippen LogP contribution in [-0.2, 0) is 11.3 Å². The number of pyridine rings is 1. The van der Waals surface area contributed by atoms with Gasteiger partial charge < -0.3 is 25.2 Å². The van der Waals surface area contributed by atoms with Crippen LogP contribution < -0.4 is 16.0 Å². The number of carbonyl (C=O) groups is 3. The molecule has 0 aliphatic carbocycles. The minimum absolute atomic E-state index is 0.159. The summed E-state index contributed by atoms with van der Waals surface area (Å²) in [5, 5.41) is 11.8. The van der Waals surface area contributed by atoms with Gasteiger partial charge in [-0.25, -0.2) is 9.59 Å². The van der Waals surface area contributed by atoms with E-state index in [-0.39, 0.29) is 17.3 Å². The summed E-state index contributed by atoms with van der Waals surface area (Å²) in [4.78, 5) is 45.7. The van der Waals surface area contributed by atoms with Gasteiger partial charge in [0.1, 0.15) is 11.3 Å². The van der Waals surface area contributed by atoms with Gasteiger partial charge in [0.15, 0.2) is 0 Å². The number of nitrogens with one attached hydrogen (secondary N) is 3. The standard InChI is InChI=1S/C25H38N6O4S/c1-24(2,3)29-22(33)31(12-11-30(7)8)14-17-9-10-18(26-13-17)21(32)27-19-15-36-16-20(19)28-23(34)35-25(4,5)6/h9-10,13,15-16H,11-12,14H2,1-8H3,(H,27,32)(H,28,34)(H,29,33). The van der Waals surface area contributed by atoms with Gasteiger partial charge in [-0.2, -0.15) is 0 Å². The number of anilines is 2. The molecule has 0 bridgehead atoms. The molecule has 0 aliphatic heterocycles. The van der Waals surface area contributed by atoms with Crippen LogP contribution in [0.2, 0.25) is 0 Å². The fourth-order valence-electron chi connectivity index (χ4n) is 2.94. The van der Waals surface area contributed by atoms with Gasteiger partial charge in [-0.05, 0) is 67.3 Å². The fraction of sp³-hybridized carbons (Fsp3) is 0.520. The number of carbonyl (C=O) groups excluding carboxylic acids is 3. The summed E-state index contributed by atoms with van der Waals surface area (Å²) in [6.45, 7) is 12.8. The highest BCUT2D eigenvalue weighted by molar-refractivity contribution is 7.09. The summed E-state index contributed by atoms with van der Waals surface area (Å²) >= 11 is 1.33. The first-order valence-corrected chi connectivity index (χ1v) is 12.6. The summed E-state index contributed by atoms with van der Waals surface area (Å²) in [6, 6.07) is 3.24. The third kappa shape index (κ3) is 10.2. The average molecular weight is 519 g/mol. The van der Waals surface area contributed by atoms with Crippen molar-refractivity contribution in [2.45, 2.75) is 59.2 Å². The Kier molecular flexibility index (Phi) is 9.83. The van der Waals surface area contributed by atoms with E-state index in [1.165, 1.54) is 11.3 Å². The number of rotatable bonds is 8. The third-order valence-corrected chi connectivity index (χ3v) is 5.31. The van der Waals surface area contributed by atoms with Crippen molar-refractivity contribution in [2.24, 2.45) is 0 Å². The fourth-order valence-corrected chi connectivity index (χ4v) is 3.65. The molecule has 2 aromatic heterocycles. The molecule has 0 saturated heterocycles. The van der Waals surface area contributed by atoms with E-state index in [0.29, 0.717) is 31.0 Å². The molecular weight excluding hydrogens is 480 g/mol. The van der Waals surface area contributed by atoms with Crippen molar-refractivity contribution in [1.82, 2.24) is 20.1 Å². The molecule has 0 spiro atoms. The molecule has 0 saturated carbocycles. The lowest BCUT2D eigenvalue weighted by Crippen LogP contribution is -2.49. The lowest BCUT2D eigenvalue weighted by Gasteiger charge is -2.29. The van der Waals surface area contributed by atoms with Crippen LogP contribution >= 0.6 is 11.3 Å². The maximum absolute atomic E-state index is 12.8. The number of likely N-dealkylation sites (N-methyl/N-ethyl adjacent to an activating group) is 1. The predicted molar refractivity (Wildman–Crippen MR) is 144 cm³/mol. The zero-order valence-electron chi connectivity index (χ0n) is 22.4. The highest BCUT2D eigenvalue weighted by Gasteiger charge is 2.21. The predicted octanol–water partition coefficient (Wildman–Crippen LogP) is 4.61. The quantitative estimate of drug-likeness (QED) is 0.470. The van der Waals surface area contributed by atoms with Crippen molar-refractivity contribution in [1.29, 1.82) is 0 Å². The Bertz CT molecular complexity index is 1040. The van der Waals surface area contributed by atoms with Gasteiger partial charge in [0.25, 0.3) is 5.91 Å². The van der Waals surface area contributed by atoms with E-state index in [0.717, 1.165) is 5.56 Å². The van der Waals surface area contributed by atoms with E-state index < -0.39 is 17.6 Å². The van der Waals surface area contributed by atoms with Crippen LogP contribution in [0.4, 0.5) is 21.0 Å². The lowest BCUT2D eigenvalue weighted by molar-refractivity contribution is 0.0635. The molecule has 0 fully saturated rings. The van der Waals surface area contributed by atoms with Crippen LogP contribution in [-0.4, -0.2) is 71.1 Å². The number of nitrogens with zero attached hydrogens (tertiary/aromatic N) is 3. The summed E-state index contributed by atoms with van der Waals surface area (Å²) in [6.07, 6.45) is 0.989. The monoisotopic (exact) mass is 518 g/mol. The molecule has 36 heavy (non-hydrogen) atoms. The second-order valence-electron chi connectivity index (χ2n) is 10.7. The van der Waals surface area contributed by atoms with Gasteiger partial charge in [-0.1, -0.05) is 6.07 Å². The van der Waals surface area contributed by atoms with Crippen molar-refractivity contribution in [2.75, 3.05) is 37.8 Å². The molecule has 0 aliphatic rings. The van der Waals surface area contributed by atoms with Crippen LogP contribution in [0.1, 0.15) is 57.6 Å². The molecule has 2 aromatic rings. The second-order valence-corrected chi connectivity index (χ2v) is 11.5. The summed E-state index contributed by atoms with van der Waals surface area (Å²) in [5.41, 5.74) is 0.928. The number of hydrogen-bond acceptors (Lipinski definition) is 7. The number of amides is 4. The Labute approximate surface area is 217 Å².